The van der Waals surface area contributed by atoms with Crippen LogP contribution in [0.3, 0.4) is 0 Å². The summed E-state index contributed by atoms with van der Waals surface area (Å²) in [7, 11) is 0. The van der Waals surface area contributed by atoms with Gasteiger partial charge < -0.3 is 9.47 Å². The first kappa shape index (κ1) is 35.4. The maximum Gasteiger partial charge on any atom is 0.338 e. The van der Waals surface area contributed by atoms with Gasteiger partial charge in [0.05, 0.1) is 11.1 Å². The zero-order valence-corrected chi connectivity index (χ0v) is 29.8. The summed E-state index contributed by atoms with van der Waals surface area (Å²) in [6.45, 7) is 2.23. The molecule has 4 heteroatoms. The molecule has 1 atom stereocenters. The van der Waals surface area contributed by atoms with E-state index in [0.717, 1.165) is 23.3 Å². The van der Waals surface area contributed by atoms with Gasteiger partial charge in [-0.1, -0.05) is 119 Å². The number of hydrogen-bond donors (Lipinski definition) is 0. The number of unbranched alkanes of at least 4 members (excludes halogenated alkanes) is 2. The standard InChI is InChI=1S/C45H58O4/c1-2-3-6-11-33-16-18-35(19-17-33)38-24-28-41(29-25-38)44(46)48-32-43(40-14-9-5-10-15-40)49-45(47)42-30-26-39(27-31-42)37-22-20-36(21-23-37)34-12-7-4-8-13-34/h5,9-10,14-15,24-31,33-37,43H,2-4,6-8,11-13,16-23,32H2,1H3. The number of rotatable bonds is 13. The van der Waals surface area contributed by atoms with Crippen molar-refractivity contribution < 1.29 is 19.1 Å². The van der Waals surface area contributed by atoms with E-state index in [1.807, 2.05) is 54.6 Å². The lowest BCUT2D eigenvalue weighted by molar-refractivity contribution is -0.00134. The molecule has 6 rings (SSSR count). The van der Waals surface area contributed by atoms with Gasteiger partial charge in [-0.2, -0.15) is 0 Å². The van der Waals surface area contributed by atoms with Crippen molar-refractivity contribution in [3.05, 3.63) is 107 Å². The van der Waals surface area contributed by atoms with E-state index < -0.39 is 18.0 Å². The molecule has 0 aliphatic heterocycles. The minimum absolute atomic E-state index is 0.0410. The van der Waals surface area contributed by atoms with Crippen LogP contribution in [0.4, 0.5) is 0 Å². The smallest absolute Gasteiger partial charge is 0.338 e. The molecule has 4 nitrogen and oxygen atoms in total. The minimum Gasteiger partial charge on any atom is -0.458 e. The van der Waals surface area contributed by atoms with Crippen molar-refractivity contribution in [1.29, 1.82) is 0 Å². The summed E-state index contributed by atoms with van der Waals surface area (Å²) >= 11 is 0. The highest BCUT2D eigenvalue weighted by atomic mass is 16.6. The van der Waals surface area contributed by atoms with E-state index in [4.69, 9.17) is 9.47 Å². The lowest BCUT2D eigenvalue weighted by atomic mass is 9.70. The monoisotopic (exact) mass is 662 g/mol. The van der Waals surface area contributed by atoms with Gasteiger partial charge in [0.2, 0.25) is 0 Å². The lowest BCUT2D eigenvalue weighted by Crippen LogP contribution is -2.23. The highest BCUT2D eigenvalue weighted by Gasteiger charge is 2.29. The minimum atomic E-state index is -0.695. The molecule has 0 spiro atoms. The van der Waals surface area contributed by atoms with Crippen molar-refractivity contribution in [2.75, 3.05) is 6.61 Å². The van der Waals surface area contributed by atoms with E-state index in [-0.39, 0.29) is 6.61 Å². The summed E-state index contributed by atoms with van der Waals surface area (Å²) in [5, 5.41) is 0. The summed E-state index contributed by atoms with van der Waals surface area (Å²) < 4.78 is 11.8. The molecule has 262 valence electrons. The molecular formula is C45H58O4. The average molecular weight is 663 g/mol. The Bertz CT molecular complexity index is 1420. The fraction of sp³-hybridized carbons (Fsp3) is 0.556. The fourth-order valence-electron chi connectivity index (χ4n) is 9.08. The second-order valence-corrected chi connectivity index (χ2v) is 15.4. The van der Waals surface area contributed by atoms with Gasteiger partial charge in [-0.15, -0.1) is 0 Å². The molecule has 3 aromatic carbocycles. The first-order valence-corrected chi connectivity index (χ1v) is 19.7. The second-order valence-electron chi connectivity index (χ2n) is 15.4. The molecule has 3 saturated carbocycles. The summed E-state index contributed by atoms with van der Waals surface area (Å²) in [6.07, 6.45) is 22.0. The first-order valence-electron chi connectivity index (χ1n) is 19.7. The van der Waals surface area contributed by atoms with E-state index in [1.165, 1.54) is 120 Å². The quantitative estimate of drug-likeness (QED) is 0.135. The number of carbonyl (C=O) groups excluding carboxylic acids is 2. The third kappa shape index (κ3) is 9.86. The summed E-state index contributed by atoms with van der Waals surface area (Å²) in [4.78, 5) is 26.5. The number of benzene rings is 3. The SMILES string of the molecule is CCCCCC1CCC(c2ccc(C(=O)OCC(OC(=O)c3ccc(C4CCC(C5CCCCC5)CC4)cc3)c3ccccc3)cc2)CC1. The highest BCUT2D eigenvalue weighted by Crippen LogP contribution is 2.43. The van der Waals surface area contributed by atoms with Crippen molar-refractivity contribution in [1.82, 2.24) is 0 Å². The molecule has 0 aromatic heterocycles. The molecule has 0 amide bonds. The van der Waals surface area contributed by atoms with Crippen molar-refractivity contribution >= 4 is 11.9 Å². The maximum atomic E-state index is 13.4. The van der Waals surface area contributed by atoms with Gasteiger partial charge in [0, 0.05) is 0 Å². The van der Waals surface area contributed by atoms with Crippen molar-refractivity contribution in [2.45, 2.75) is 134 Å². The molecule has 0 N–H and O–H groups in total. The van der Waals surface area contributed by atoms with Gasteiger partial charge >= 0.3 is 11.9 Å². The van der Waals surface area contributed by atoms with Crippen LogP contribution in [0.2, 0.25) is 0 Å². The molecule has 0 bridgehead atoms. The lowest BCUT2D eigenvalue weighted by Gasteiger charge is -2.36. The maximum absolute atomic E-state index is 13.4. The molecule has 3 aliphatic rings. The van der Waals surface area contributed by atoms with Crippen LogP contribution in [0.25, 0.3) is 0 Å². The Morgan fingerprint density at radius 3 is 1.76 bits per heavy atom. The Labute approximate surface area is 295 Å². The Balaban J connectivity index is 1.00. The van der Waals surface area contributed by atoms with Gasteiger partial charge in [-0.25, -0.2) is 9.59 Å². The third-order valence-corrected chi connectivity index (χ3v) is 12.2. The fourth-order valence-corrected chi connectivity index (χ4v) is 9.08. The van der Waals surface area contributed by atoms with Gasteiger partial charge in [0.1, 0.15) is 6.61 Å². The normalized spacial score (nSPS) is 23.8. The molecular weight excluding hydrogens is 604 g/mol. The average Bonchev–Trinajstić information content (AvgIpc) is 3.17. The Morgan fingerprint density at radius 1 is 0.612 bits per heavy atom. The molecule has 1 unspecified atom stereocenters. The number of ether oxygens (including phenoxy) is 2. The molecule has 0 radical (unpaired) electrons. The van der Waals surface area contributed by atoms with E-state index in [9.17, 15) is 9.59 Å². The van der Waals surface area contributed by atoms with Gasteiger partial charge in [-0.3, -0.25) is 0 Å². The van der Waals surface area contributed by atoms with Crippen LogP contribution in [0.1, 0.15) is 171 Å². The largest absolute Gasteiger partial charge is 0.458 e. The second kappa shape index (κ2) is 18.0. The number of carbonyl (C=O) groups is 2. The van der Waals surface area contributed by atoms with E-state index in [2.05, 4.69) is 31.2 Å². The van der Waals surface area contributed by atoms with E-state index in [1.54, 1.807) is 0 Å². The van der Waals surface area contributed by atoms with Crippen molar-refractivity contribution in [3.63, 3.8) is 0 Å². The summed E-state index contributed by atoms with van der Waals surface area (Å²) in [6, 6.07) is 25.6. The van der Waals surface area contributed by atoms with Crippen LogP contribution in [0.5, 0.6) is 0 Å². The van der Waals surface area contributed by atoms with E-state index >= 15 is 0 Å². The van der Waals surface area contributed by atoms with Crippen LogP contribution in [0, 0.1) is 17.8 Å². The van der Waals surface area contributed by atoms with Crippen LogP contribution >= 0.6 is 0 Å². The van der Waals surface area contributed by atoms with Gasteiger partial charge in [0.15, 0.2) is 6.10 Å². The molecule has 3 fully saturated rings. The molecule has 0 saturated heterocycles. The summed E-state index contributed by atoms with van der Waals surface area (Å²) in [5.41, 5.74) is 4.50. The Hall–Kier alpha value is -3.40. The molecule has 49 heavy (non-hydrogen) atoms. The Kier molecular flexibility index (Phi) is 13.0. The van der Waals surface area contributed by atoms with Crippen LogP contribution in [-0.2, 0) is 9.47 Å². The van der Waals surface area contributed by atoms with Gasteiger partial charge in [-0.05, 0) is 122 Å². The predicted molar refractivity (Wildman–Crippen MR) is 198 cm³/mol. The highest BCUT2D eigenvalue weighted by molar-refractivity contribution is 5.90. The van der Waals surface area contributed by atoms with Crippen LogP contribution in [-0.4, -0.2) is 18.5 Å². The Morgan fingerprint density at radius 2 is 1.16 bits per heavy atom. The first-order chi connectivity index (χ1) is 24.1. The zero-order valence-electron chi connectivity index (χ0n) is 29.8. The zero-order chi connectivity index (χ0) is 33.8. The van der Waals surface area contributed by atoms with Crippen molar-refractivity contribution in [2.24, 2.45) is 17.8 Å². The number of esters is 2. The van der Waals surface area contributed by atoms with Crippen LogP contribution < -0.4 is 0 Å². The van der Waals surface area contributed by atoms with Gasteiger partial charge in [0.25, 0.3) is 0 Å². The number of hydrogen-bond acceptors (Lipinski definition) is 4. The predicted octanol–water partition coefficient (Wildman–Crippen LogP) is 12.1. The van der Waals surface area contributed by atoms with Crippen molar-refractivity contribution in [3.8, 4) is 0 Å². The molecule has 3 aliphatic carbocycles. The molecule has 0 heterocycles. The topological polar surface area (TPSA) is 52.6 Å². The molecule has 3 aromatic rings. The summed E-state index contributed by atoms with van der Waals surface area (Å²) in [5.74, 6) is 3.08. The van der Waals surface area contributed by atoms with Crippen LogP contribution in [0.15, 0.2) is 78.9 Å². The van der Waals surface area contributed by atoms with E-state index in [0.29, 0.717) is 23.0 Å². The third-order valence-electron chi connectivity index (χ3n) is 12.2.